The van der Waals surface area contributed by atoms with Gasteiger partial charge in [0.1, 0.15) is 5.82 Å². The van der Waals surface area contributed by atoms with Gasteiger partial charge in [-0.2, -0.15) is 0 Å². The smallest absolute Gasteiger partial charge is 0.162 e. The molecule has 1 aliphatic rings. The molecular weight excluding hydrogens is 286 g/mol. The number of sulfone groups is 1. The fourth-order valence-corrected chi connectivity index (χ4v) is 4.52. The predicted octanol–water partition coefficient (Wildman–Crippen LogP) is 1.75. The van der Waals surface area contributed by atoms with Gasteiger partial charge in [0.25, 0.3) is 0 Å². The van der Waals surface area contributed by atoms with Crippen molar-refractivity contribution in [2.24, 2.45) is 5.92 Å². The minimum atomic E-state index is -2.87. The molecule has 7 heteroatoms. The van der Waals surface area contributed by atoms with E-state index in [2.05, 4.69) is 10.2 Å². The van der Waals surface area contributed by atoms with Gasteiger partial charge in [0, 0.05) is 23.7 Å². The summed E-state index contributed by atoms with van der Waals surface area (Å²) in [5.74, 6) is 1.52. The zero-order valence-electron chi connectivity index (χ0n) is 10.3. The number of rotatable bonds is 2. The molecule has 0 spiro atoms. The number of pyridine rings is 1. The first-order chi connectivity index (χ1) is 9.03. The molecule has 5 nitrogen and oxygen atoms in total. The van der Waals surface area contributed by atoms with Crippen LogP contribution >= 0.6 is 11.6 Å². The van der Waals surface area contributed by atoms with Crippen LogP contribution in [-0.2, 0) is 16.3 Å². The van der Waals surface area contributed by atoms with Crippen LogP contribution in [0.15, 0.2) is 18.3 Å². The van der Waals surface area contributed by atoms with Gasteiger partial charge in [0.2, 0.25) is 0 Å². The number of fused-ring (bicyclic) bond motifs is 1. The van der Waals surface area contributed by atoms with Crippen LogP contribution in [0.2, 0.25) is 5.02 Å². The van der Waals surface area contributed by atoms with Gasteiger partial charge in [-0.15, -0.1) is 10.2 Å². The summed E-state index contributed by atoms with van der Waals surface area (Å²) >= 11 is 5.90. The highest BCUT2D eigenvalue weighted by atomic mass is 35.5. The Hall–Kier alpha value is -1.14. The Morgan fingerprint density at radius 3 is 3.05 bits per heavy atom. The zero-order valence-corrected chi connectivity index (χ0v) is 11.9. The van der Waals surface area contributed by atoms with E-state index in [1.54, 1.807) is 12.1 Å². The molecule has 1 atom stereocenters. The Balaban J connectivity index is 1.85. The van der Waals surface area contributed by atoms with Crippen LogP contribution in [0.3, 0.4) is 0 Å². The Kier molecular flexibility index (Phi) is 3.22. The highest BCUT2D eigenvalue weighted by Crippen LogP contribution is 2.22. The normalized spacial score (nSPS) is 22.7. The number of hydrogen-bond donors (Lipinski definition) is 0. The van der Waals surface area contributed by atoms with E-state index < -0.39 is 9.84 Å². The number of hydrogen-bond acceptors (Lipinski definition) is 4. The minimum Gasteiger partial charge on any atom is -0.286 e. The van der Waals surface area contributed by atoms with Crippen LogP contribution in [0.5, 0.6) is 0 Å². The lowest BCUT2D eigenvalue weighted by molar-refractivity contribution is 0.474. The van der Waals surface area contributed by atoms with Gasteiger partial charge < -0.3 is 0 Å². The summed E-state index contributed by atoms with van der Waals surface area (Å²) in [5, 5.41) is 8.82. The third-order valence-electron chi connectivity index (χ3n) is 3.47. The quantitative estimate of drug-likeness (QED) is 0.847. The second-order valence-corrected chi connectivity index (χ2v) is 7.68. The molecule has 102 valence electrons. The molecule has 1 aliphatic heterocycles. The maximum atomic E-state index is 11.6. The Labute approximate surface area is 116 Å². The van der Waals surface area contributed by atoms with Gasteiger partial charge >= 0.3 is 0 Å². The van der Waals surface area contributed by atoms with Crippen molar-refractivity contribution >= 4 is 27.1 Å². The van der Waals surface area contributed by atoms with Gasteiger partial charge in [-0.25, -0.2) is 8.42 Å². The van der Waals surface area contributed by atoms with E-state index in [4.69, 9.17) is 11.6 Å². The maximum absolute atomic E-state index is 11.6. The summed E-state index contributed by atoms with van der Waals surface area (Å²) in [5.41, 5.74) is 0.696. The summed E-state index contributed by atoms with van der Waals surface area (Å²) in [6.07, 6.45) is 4.14. The number of halogens is 1. The van der Waals surface area contributed by atoms with Crippen molar-refractivity contribution in [1.82, 2.24) is 14.6 Å². The van der Waals surface area contributed by atoms with Crippen LogP contribution in [0.4, 0.5) is 0 Å². The van der Waals surface area contributed by atoms with Crippen molar-refractivity contribution in [3.63, 3.8) is 0 Å². The second-order valence-electron chi connectivity index (χ2n) is 5.02. The Bertz CT molecular complexity index is 711. The minimum absolute atomic E-state index is 0.141. The first kappa shape index (κ1) is 12.9. The van der Waals surface area contributed by atoms with Gasteiger partial charge in [-0.3, -0.25) is 4.40 Å². The standard InChI is InChI=1S/C12H14ClN3O2S/c13-10-3-4-16-11(14-15-12(16)7-10)6-9-2-1-5-19(17,18)8-9/h3-4,7,9H,1-2,5-6,8H2. The van der Waals surface area contributed by atoms with Gasteiger partial charge in [-0.1, -0.05) is 11.6 Å². The van der Waals surface area contributed by atoms with Gasteiger partial charge in [-0.05, 0) is 24.8 Å². The van der Waals surface area contributed by atoms with E-state index in [1.165, 1.54) is 0 Å². The molecule has 19 heavy (non-hydrogen) atoms. The molecule has 1 unspecified atom stereocenters. The average molecular weight is 300 g/mol. The molecule has 1 saturated heterocycles. The molecule has 1 fully saturated rings. The van der Waals surface area contributed by atoms with E-state index in [-0.39, 0.29) is 11.7 Å². The lowest BCUT2D eigenvalue weighted by Gasteiger charge is -2.20. The molecule has 3 rings (SSSR count). The third kappa shape index (κ3) is 2.74. The van der Waals surface area contributed by atoms with E-state index in [0.717, 1.165) is 18.7 Å². The highest BCUT2D eigenvalue weighted by Gasteiger charge is 2.26. The van der Waals surface area contributed by atoms with E-state index in [9.17, 15) is 8.42 Å². The van der Waals surface area contributed by atoms with Crippen LogP contribution < -0.4 is 0 Å². The molecule has 0 aromatic carbocycles. The van der Waals surface area contributed by atoms with E-state index in [1.807, 2.05) is 10.6 Å². The molecule has 0 aliphatic carbocycles. The summed E-state index contributed by atoms with van der Waals surface area (Å²) in [4.78, 5) is 0. The first-order valence-corrected chi connectivity index (χ1v) is 8.43. The topological polar surface area (TPSA) is 64.3 Å². The molecule has 0 radical (unpaired) electrons. The van der Waals surface area contributed by atoms with E-state index >= 15 is 0 Å². The summed E-state index contributed by atoms with van der Waals surface area (Å²) in [6, 6.07) is 3.52. The predicted molar refractivity (Wildman–Crippen MR) is 73.1 cm³/mol. The van der Waals surface area contributed by atoms with Crippen LogP contribution in [-0.4, -0.2) is 34.5 Å². The van der Waals surface area contributed by atoms with Crippen molar-refractivity contribution < 1.29 is 8.42 Å². The maximum Gasteiger partial charge on any atom is 0.162 e. The van der Waals surface area contributed by atoms with Crippen molar-refractivity contribution in [3.8, 4) is 0 Å². The highest BCUT2D eigenvalue weighted by molar-refractivity contribution is 7.91. The van der Waals surface area contributed by atoms with Gasteiger partial charge in [0.05, 0.1) is 11.5 Å². The van der Waals surface area contributed by atoms with Crippen LogP contribution in [0, 0.1) is 5.92 Å². The van der Waals surface area contributed by atoms with Crippen molar-refractivity contribution in [2.45, 2.75) is 19.3 Å². The fraction of sp³-hybridized carbons (Fsp3) is 0.500. The molecule has 2 aromatic heterocycles. The van der Waals surface area contributed by atoms with Crippen molar-refractivity contribution in [3.05, 3.63) is 29.2 Å². The average Bonchev–Trinajstić information content (AvgIpc) is 2.70. The van der Waals surface area contributed by atoms with Gasteiger partial charge in [0.15, 0.2) is 15.5 Å². The molecule has 3 heterocycles. The third-order valence-corrected chi connectivity index (χ3v) is 5.60. The second kappa shape index (κ2) is 4.76. The van der Waals surface area contributed by atoms with Crippen LogP contribution in [0.1, 0.15) is 18.7 Å². The number of nitrogens with zero attached hydrogens (tertiary/aromatic N) is 3. The monoisotopic (exact) mass is 299 g/mol. The largest absolute Gasteiger partial charge is 0.286 e. The molecule has 0 amide bonds. The van der Waals surface area contributed by atoms with E-state index in [0.29, 0.717) is 22.8 Å². The summed E-state index contributed by atoms with van der Waals surface area (Å²) in [6.45, 7) is 0. The zero-order chi connectivity index (χ0) is 13.5. The fourth-order valence-electron chi connectivity index (χ4n) is 2.59. The molecule has 0 bridgehead atoms. The molecular formula is C12H14ClN3O2S. The molecule has 0 N–H and O–H groups in total. The van der Waals surface area contributed by atoms with Crippen LogP contribution in [0.25, 0.3) is 5.65 Å². The SMILES string of the molecule is O=S1(=O)CCCC(Cc2nnc3cc(Cl)ccn23)C1. The molecule has 2 aromatic rings. The lowest BCUT2D eigenvalue weighted by Crippen LogP contribution is -2.27. The summed E-state index contributed by atoms with van der Waals surface area (Å²) in [7, 11) is -2.87. The lowest BCUT2D eigenvalue weighted by atomic mass is 10.0. The first-order valence-electron chi connectivity index (χ1n) is 6.23. The Morgan fingerprint density at radius 1 is 1.42 bits per heavy atom. The summed E-state index contributed by atoms with van der Waals surface area (Å²) < 4.78 is 25.1. The number of aromatic nitrogens is 3. The molecule has 0 saturated carbocycles. The van der Waals surface area contributed by atoms with Crippen molar-refractivity contribution in [1.29, 1.82) is 0 Å². The Morgan fingerprint density at radius 2 is 2.26 bits per heavy atom. The van der Waals surface area contributed by atoms with Crippen molar-refractivity contribution in [2.75, 3.05) is 11.5 Å².